The van der Waals surface area contributed by atoms with E-state index in [-0.39, 0.29) is 24.0 Å². The second kappa shape index (κ2) is 5.99. The maximum atomic E-state index is 6.08. The molecule has 3 aliphatic rings. The van der Waals surface area contributed by atoms with E-state index in [0.717, 1.165) is 30.9 Å². The molecule has 17 heavy (non-hydrogen) atoms. The Morgan fingerprint density at radius 2 is 1.94 bits per heavy atom. The zero-order valence-electron chi connectivity index (χ0n) is 10.2. The van der Waals surface area contributed by atoms with Gasteiger partial charge in [-0.3, -0.25) is 0 Å². The van der Waals surface area contributed by atoms with Crippen LogP contribution in [-0.4, -0.2) is 41.5 Å². The molecule has 98 valence electrons. The molecule has 0 bridgehead atoms. The third-order valence-electron chi connectivity index (χ3n) is 4.19. The third-order valence-corrected chi connectivity index (χ3v) is 5.14. The molecule has 0 aromatic carbocycles. The van der Waals surface area contributed by atoms with E-state index in [1.165, 1.54) is 37.2 Å². The Balaban J connectivity index is 0.00000108. The first-order valence-corrected chi connectivity index (χ1v) is 7.66. The van der Waals surface area contributed by atoms with E-state index in [4.69, 9.17) is 10.7 Å². The van der Waals surface area contributed by atoms with Crippen molar-refractivity contribution < 1.29 is 0 Å². The summed E-state index contributed by atoms with van der Waals surface area (Å²) in [5.41, 5.74) is 6.08. The highest BCUT2D eigenvalue weighted by molar-refractivity contribution is 14.0. The van der Waals surface area contributed by atoms with E-state index < -0.39 is 0 Å². The lowest BCUT2D eigenvalue weighted by Crippen LogP contribution is -2.42. The van der Waals surface area contributed by atoms with Crippen molar-refractivity contribution in [2.45, 2.75) is 31.7 Å². The van der Waals surface area contributed by atoms with Crippen molar-refractivity contribution in [2.24, 2.45) is 22.6 Å². The van der Waals surface area contributed by atoms with Crippen molar-refractivity contribution >= 4 is 41.7 Å². The maximum absolute atomic E-state index is 6.08. The van der Waals surface area contributed by atoms with Gasteiger partial charge in [-0.05, 0) is 18.3 Å². The molecule has 1 heterocycles. The molecule has 0 amide bonds. The Hall–Kier alpha value is 0.350. The van der Waals surface area contributed by atoms with E-state index >= 15 is 0 Å². The minimum Gasteiger partial charge on any atom is -0.370 e. The number of halogens is 1. The number of thioether (sulfide) groups is 1. The van der Waals surface area contributed by atoms with Crippen molar-refractivity contribution in [3.05, 3.63) is 0 Å². The van der Waals surface area contributed by atoms with E-state index in [0.29, 0.717) is 6.04 Å². The van der Waals surface area contributed by atoms with Gasteiger partial charge in [-0.2, -0.15) is 11.8 Å². The number of guanidine groups is 1. The number of nitrogens with zero attached hydrogens (tertiary/aromatic N) is 2. The fourth-order valence-corrected chi connectivity index (χ4v) is 3.67. The van der Waals surface area contributed by atoms with Gasteiger partial charge in [0.25, 0.3) is 0 Å². The van der Waals surface area contributed by atoms with Crippen LogP contribution in [0.4, 0.5) is 0 Å². The first-order valence-electron chi connectivity index (χ1n) is 6.50. The maximum Gasteiger partial charge on any atom is 0.191 e. The van der Waals surface area contributed by atoms with Crippen LogP contribution in [0.2, 0.25) is 0 Å². The summed E-state index contributed by atoms with van der Waals surface area (Å²) in [6, 6.07) is 0.569. The summed E-state index contributed by atoms with van der Waals surface area (Å²) in [5, 5.41) is 0. The number of rotatable bonds is 2. The topological polar surface area (TPSA) is 41.6 Å². The lowest BCUT2D eigenvalue weighted by Gasteiger charge is -2.28. The number of aliphatic imine (C=N–C) groups is 1. The molecule has 0 aromatic heterocycles. The lowest BCUT2D eigenvalue weighted by molar-refractivity contribution is 0.273. The largest absolute Gasteiger partial charge is 0.370 e. The number of hydrogen-bond donors (Lipinski definition) is 1. The summed E-state index contributed by atoms with van der Waals surface area (Å²) in [6.07, 6.45) is 5.62. The van der Waals surface area contributed by atoms with Gasteiger partial charge in [0.2, 0.25) is 0 Å². The number of nitrogens with two attached hydrogens (primary N) is 1. The van der Waals surface area contributed by atoms with Gasteiger partial charge in [-0.1, -0.05) is 19.3 Å². The summed E-state index contributed by atoms with van der Waals surface area (Å²) < 4.78 is 0. The summed E-state index contributed by atoms with van der Waals surface area (Å²) in [4.78, 5) is 6.96. The molecule has 0 radical (unpaired) electrons. The van der Waals surface area contributed by atoms with Gasteiger partial charge >= 0.3 is 0 Å². The predicted octanol–water partition coefficient (Wildman–Crippen LogP) is 2.16. The molecule has 1 saturated heterocycles. The Morgan fingerprint density at radius 1 is 1.24 bits per heavy atom. The van der Waals surface area contributed by atoms with E-state index in [9.17, 15) is 0 Å². The van der Waals surface area contributed by atoms with Gasteiger partial charge in [-0.15, -0.1) is 24.0 Å². The third kappa shape index (κ3) is 3.22. The molecule has 0 unspecified atom stereocenters. The fraction of sp³-hybridized carbons (Fsp3) is 0.917. The van der Waals surface area contributed by atoms with Crippen molar-refractivity contribution in [3.8, 4) is 0 Å². The minimum atomic E-state index is 0. The smallest absolute Gasteiger partial charge is 0.191 e. The zero-order valence-corrected chi connectivity index (χ0v) is 13.3. The van der Waals surface area contributed by atoms with Crippen molar-refractivity contribution in [2.75, 3.05) is 24.6 Å². The standard InChI is InChI=1S/C12H21N3S.HI/c13-12(15-4-6-16-7-5-15)14-11-8-10(11)9-2-1-3-9;/h9-11H,1-8H2,(H2,13,14);1H/t10-,11+;/m0./s1. The normalized spacial score (nSPS) is 33.9. The number of hydrogen-bond acceptors (Lipinski definition) is 2. The quantitative estimate of drug-likeness (QED) is 0.462. The van der Waals surface area contributed by atoms with Gasteiger partial charge in [0.15, 0.2) is 5.96 Å². The molecule has 0 spiro atoms. The van der Waals surface area contributed by atoms with Crippen molar-refractivity contribution in [1.29, 1.82) is 0 Å². The molecular formula is C12H22IN3S. The van der Waals surface area contributed by atoms with Gasteiger partial charge in [0.05, 0.1) is 6.04 Å². The van der Waals surface area contributed by atoms with Crippen molar-refractivity contribution in [1.82, 2.24) is 4.90 Å². The highest BCUT2D eigenvalue weighted by Crippen LogP contribution is 2.48. The molecule has 3 nitrogen and oxygen atoms in total. The summed E-state index contributed by atoms with van der Waals surface area (Å²) in [5.74, 6) is 5.08. The van der Waals surface area contributed by atoms with Crippen LogP contribution in [-0.2, 0) is 0 Å². The van der Waals surface area contributed by atoms with Gasteiger partial charge < -0.3 is 10.6 Å². The molecule has 1 aliphatic heterocycles. The average molecular weight is 367 g/mol. The van der Waals surface area contributed by atoms with Crippen LogP contribution in [0.15, 0.2) is 4.99 Å². The molecule has 2 saturated carbocycles. The van der Waals surface area contributed by atoms with E-state index in [2.05, 4.69) is 4.90 Å². The predicted molar refractivity (Wildman–Crippen MR) is 85.2 cm³/mol. The Labute approximate surface area is 125 Å². The van der Waals surface area contributed by atoms with Gasteiger partial charge in [0.1, 0.15) is 0 Å². The van der Waals surface area contributed by atoms with Crippen LogP contribution in [0, 0.1) is 11.8 Å². The Morgan fingerprint density at radius 3 is 2.53 bits per heavy atom. The minimum absolute atomic E-state index is 0. The lowest BCUT2D eigenvalue weighted by atomic mass is 9.81. The molecular weight excluding hydrogens is 345 g/mol. The monoisotopic (exact) mass is 367 g/mol. The zero-order chi connectivity index (χ0) is 11.0. The van der Waals surface area contributed by atoms with Gasteiger partial charge in [0, 0.05) is 24.6 Å². The van der Waals surface area contributed by atoms with Crippen LogP contribution in [0.25, 0.3) is 0 Å². The van der Waals surface area contributed by atoms with Crippen LogP contribution in [0.1, 0.15) is 25.7 Å². The summed E-state index contributed by atoms with van der Waals surface area (Å²) in [7, 11) is 0. The fourth-order valence-electron chi connectivity index (χ4n) is 2.77. The van der Waals surface area contributed by atoms with Crippen LogP contribution >= 0.6 is 35.7 Å². The van der Waals surface area contributed by atoms with Gasteiger partial charge in [-0.25, -0.2) is 4.99 Å². The molecule has 2 atom stereocenters. The second-order valence-corrected chi connectivity index (χ2v) is 6.47. The molecule has 5 heteroatoms. The second-order valence-electron chi connectivity index (χ2n) is 5.24. The molecule has 2 aliphatic carbocycles. The molecule has 0 aromatic rings. The Bertz CT molecular complexity index is 287. The van der Waals surface area contributed by atoms with E-state index in [1.807, 2.05) is 11.8 Å². The first-order chi connectivity index (χ1) is 7.84. The van der Waals surface area contributed by atoms with Crippen LogP contribution in [0.3, 0.4) is 0 Å². The molecule has 3 rings (SSSR count). The van der Waals surface area contributed by atoms with E-state index in [1.54, 1.807) is 0 Å². The van der Waals surface area contributed by atoms with Crippen LogP contribution < -0.4 is 5.73 Å². The van der Waals surface area contributed by atoms with Crippen LogP contribution in [0.5, 0.6) is 0 Å². The summed E-state index contributed by atoms with van der Waals surface area (Å²) in [6.45, 7) is 2.17. The highest BCUT2D eigenvalue weighted by Gasteiger charge is 2.45. The molecule has 3 fully saturated rings. The van der Waals surface area contributed by atoms with Crippen molar-refractivity contribution in [3.63, 3.8) is 0 Å². The first kappa shape index (κ1) is 13.8. The Kier molecular flexibility index (Phi) is 4.86. The molecule has 2 N–H and O–H groups in total. The summed E-state index contributed by atoms with van der Waals surface area (Å²) >= 11 is 2.02. The average Bonchev–Trinajstić information content (AvgIpc) is 2.96. The SMILES string of the molecule is I.NC(=N[C@@H]1C[C@H]1C1CCC1)N1CCSCC1. The highest BCUT2D eigenvalue weighted by atomic mass is 127.